The molecule has 0 aromatic rings. The second kappa shape index (κ2) is 4.30. The molecule has 0 heterocycles. The monoisotopic (exact) mass is 286 g/mol. The van der Waals surface area contributed by atoms with Crippen molar-refractivity contribution in [1.29, 1.82) is 0 Å². The molecular weight excluding hydrogens is 260 g/mol. The van der Waals surface area contributed by atoms with E-state index in [-0.39, 0.29) is 10.8 Å². The fourth-order valence-corrected chi connectivity index (χ4v) is 6.33. The molecule has 0 aromatic heterocycles. The Morgan fingerprint density at radius 3 is 2.57 bits per heavy atom. The van der Waals surface area contributed by atoms with E-state index in [1.165, 1.54) is 12.0 Å². The maximum Gasteiger partial charge on any atom is 0.143 e. The lowest BCUT2D eigenvalue weighted by atomic mass is 9.47. The highest BCUT2D eigenvalue weighted by atomic mass is 16.1. The van der Waals surface area contributed by atoms with Crippen LogP contribution in [0.25, 0.3) is 0 Å². The van der Waals surface area contributed by atoms with Gasteiger partial charge < -0.3 is 0 Å². The zero-order chi connectivity index (χ0) is 14.8. The number of hydrogen-bond donors (Lipinski definition) is 0. The maximum absolute atomic E-state index is 12.7. The van der Waals surface area contributed by atoms with Crippen LogP contribution in [-0.4, -0.2) is 11.6 Å². The Kier molecular flexibility index (Phi) is 2.81. The lowest BCUT2D eigenvalue weighted by molar-refractivity contribution is -0.140. The van der Waals surface area contributed by atoms with Gasteiger partial charge >= 0.3 is 0 Å². The van der Waals surface area contributed by atoms with Crippen molar-refractivity contribution in [2.24, 2.45) is 28.6 Å². The van der Waals surface area contributed by atoms with Gasteiger partial charge in [0.2, 0.25) is 0 Å². The minimum atomic E-state index is -0.200. The lowest BCUT2D eigenvalue weighted by Crippen LogP contribution is -2.53. The van der Waals surface area contributed by atoms with E-state index in [0.29, 0.717) is 29.3 Å². The van der Waals surface area contributed by atoms with Gasteiger partial charge in [-0.1, -0.05) is 18.6 Å². The minimum absolute atomic E-state index is 0.0730. The number of hydrogen-bond acceptors (Lipinski definition) is 2. The first-order valence-electron chi connectivity index (χ1n) is 8.74. The predicted molar refractivity (Wildman–Crippen MR) is 81.7 cm³/mol. The average Bonchev–Trinajstić information content (AvgIpc) is 2.76. The van der Waals surface area contributed by atoms with Crippen LogP contribution in [0, 0.1) is 28.6 Å². The van der Waals surface area contributed by atoms with Crippen LogP contribution >= 0.6 is 0 Å². The summed E-state index contributed by atoms with van der Waals surface area (Å²) in [4.78, 5) is 25.1. The Hall–Kier alpha value is -0.920. The van der Waals surface area contributed by atoms with Gasteiger partial charge in [-0.25, -0.2) is 0 Å². The molecule has 3 fully saturated rings. The fourth-order valence-electron chi connectivity index (χ4n) is 6.33. The Labute approximate surface area is 127 Å². The number of carbonyl (C=O) groups excluding carboxylic acids is 2. The maximum atomic E-state index is 12.7. The molecule has 0 amide bonds. The van der Waals surface area contributed by atoms with Gasteiger partial charge in [0.05, 0.1) is 5.41 Å². The highest BCUT2D eigenvalue weighted by Gasteiger charge is 2.60. The minimum Gasteiger partial charge on any atom is -0.299 e. The van der Waals surface area contributed by atoms with Crippen molar-refractivity contribution >= 4 is 11.6 Å². The van der Waals surface area contributed by atoms with Crippen LogP contribution < -0.4 is 0 Å². The molecule has 2 heteroatoms. The van der Waals surface area contributed by atoms with Crippen molar-refractivity contribution in [1.82, 2.24) is 0 Å². The van der Waals surface area contributed by atoms with Crippen LogP contribution in [0.4, 0.5) is 0 Å². The molecule has 2 nitrogen and oxygen atoms in total. The molecule has 0 radical (unpaired) electrons. The molecule has 0 spiro atoms. The molecule has 0 aliphatic heterocycles. The van der Waals surface area contributed by atoms with Crippen molar-refractivity contribution in [3.63, 3.8) is 0 Å². The summed E-state index contributed by atoms with van der Waals surface area (Å²) < 4.78 is 0. The number of fused-ring (bicyclic) bond motifs is 5. The van der Waals surface area contributed by atoms with Crippen molar-refractivity contribution in [2.75, 3.05) is 0 Å². The van der Waals surface area contributed by atoms with Crippen molar-refractivity contribution in [3.8, 4) is 0 Å². The van der Waals surface area contributed by atoms with Crippen molar-refractivity contribution in [3.05, 3.63) is 11.6 Å². The molecular formula is C19H26O2. The number of rotatable bonds is 0. The molecule has 21 heavy (non-hydrogen) atoms. The topological polar surface area (TPSA) is 34.1 Å². The Balaban J connectivity index is 1.74. The molecule has 114 valence electrons. The van der Waals surface area contributed by atoms with Crippen LogP contribution in [0.1, 0.15) is 65.2 Å². The summed E-state index contributed by atoms with van der Waals surface area (Å²) in [6, 6.07) is 0. The number of Topliss-reactive ketones (excluding diaryl/α,β-unsaturated/α-hetero) is 2. The van der Waals surface area contributed by atoms with E-state index in [9.17, 15) is 9.59 Å². The summed E-state index contributed by atoms with van der Waals surface area (Å²) in [5.41, 5.74) is 1.15. The highest BCUT2D eigenvalue weighted by Crippen LogP contribution is 2.63. The molecule has 4 aliphatic rings. The summed E-state index contributed by atoms with van der Waals surface area (Å²) in [7, 11) is 0. The molecule has 0 bridgehead atoms. The second-order valence-corrected chi connectivity index (χ2v) is 8.23. The number of allylic oxidation sites excluding steroid dienone is 2. The van der Waals surface area contributed by atoms with E-state index in [0.717, 1.165) is 44.9 Å². The summed E-state index contributed by atoms with van der Waals surface area (Å²) in [6.07, 6.45) is 10.2. The first-order chi connectivity index (χ1) is 9.98. The van der Waals surface area contributed by atoms with Crippen LogP contribution in [0.15, 0.2) is 11.6 Å². The quantitative estimate of drug-likeness (QED) is 0.629. The Bertz CT molecular complexity index is 546. The third-order valence-corrected chi connectivity index (χ3v) is 7.64. The SMILES string of the molecule is C[C@]12C(=O)CCC=C1CC[C@@H]1[C@H]2CC[C@]2(C)C(=O)CC[C@@H]12. The van der Waals surface area contributed by atoms with Gasteiger partial charge in [-0.3, -0.25) is 9.59 Å². The molecule has 0 N–H and O–H groups in total. The smallest absolute Gasteiger partial charge is 0.143 e. The van der Waals surface area contributed by atoms with Gasteiger partial charge in [0, 0.05) is 18.3 Å². The fraction of sp³-hybridized carbons (Fsp3) is 0.789. The van der Waals surface area contributed by atoms with Gasteiger partial charge in [-0.05, 0) is 63.2 Å². The largest absolute Gasteiger partial charge is 0.299 e. The molecule has 5 atom stereocenters. The Morgan fingerprint density at radius 1 is 0.952 bits per heavy atom. The zero-order valence-corrected chi connectivity index (χ0v) is 13.3. The second-order valence-electron chi connectivity index (χ2n) is 8.23. The Morgan fingerprint density at radius 2 is 1.76 bits per heavy atom. The highest BCUT2D eigenvalue weighted by molar-refractivity contribution is 5.90. The molecule has 0 unspecified atom stereocenters. The summed E-state index contributed by atoms with van der Waals surface area (Å²) >= 11 is 0. The predicted octanol–water partition coefficient (Wildman–Crippen LogP) is 4.09. The average molecular weight is 286 g/mol. The van der Waals surface area contributed by atoms with Crippen LogP contribution in [0.2, 0.25) is 0 Å². The van der Waals surface area contributed by atoms with Gasteiger partial charge in [0.15, 0.2) is 0 Å². The van der Waals surface area contributed by atoms with Crippen LogP contribution in [0.3, 0.4) is 0 Å². The lowest BCUT2D eigenvalue weighted by Gasteiger charge is -2.56. The van der Waals surface area contributed by atoms with E-state index in [1.54, 1.807) is 0 Å². The zero-order valence-electron chi connectivity index (χ0n) is 13.3. The standard InChI is InChI=1S/C19H26O2/c1-18-11-10-15-13(14(18)8-9-16(18)20)7-6-12-4-3-5-17(21)19(12,15)2/h4,13-15H,3,5-11H2,1-2H3/t13-,14-,15+,18-,19-/m0/s1. The van der Waals surface area contributed by atoms with Crippen LogP contribution in [-0.2, 0) is 9.59 Å². The summed E-state index contributed by atoms with van der Waals surface area (Å²) in [5, 5.41) is 0. The van der Waals surface area contributed by atoms with E-state index in [4.69, 9.17) is 0 Å². The molecule has 3 saturated carbocycles. The molecule has 4 rings (SSSR count). The summed E-state index contributed by atoms with van der Waals surface area (Å²) in [5.74, 6) is 2.60. The van der Waals surface area contributed by atoms with E-state index < -0.39 is 0 Å². The van der Waals surface area contributed by atoms with Gasteiger partial charge in [-0.15, -0.1) is 0 Å². The van der Waals surface area contributed by atoms with E-state index >= 15 is 0 Å². The van der Waals surface area contributed by atoms with Crippen molar-refractivity contribution < 1.29 is 9.59 Å². The summed E-state index contributed by atoms with van der Waals surface area (Å²) in [6.45, 7) is 4.43. The third kappa shape index (κ3) is 1.59. The van der Waals surface area contributed by atoms with Crippen LogP contribution in [0.5, 0.6) is 0 Å². The van der Waals surface area contributed by atoms with Gasteiger partial charge in [0.25, 0.3) is 0 Å². The van der Waals surface area contributed by atoms with Crippen molar-refractivity contribution in [2.45, 2.75) is 65.2 Å². The molecule has 4 aliphatic carbocycles. The first-order valence-corrected chi connectivity index (χ1v) is 8.74. The third-order valence-electron chi connectivity index (χ3n) is 7.64. The number of carbonyl (C=O) groups is 2. The molecule has 0 saturated heterocycles. The van der Waals surface area contributed by atoms with Gasteiger partial charge in [-0.2, -0.15) is 0 Å². The van der Waals surface area contributed by atoms with Gasteiger partial charge in [0.1, 0.15) is 11.6 Å². The first kappa shape index (κ1) is 13.7. The molecule has 0 aromatic carbocycles. The normalized spacial score (nSPS) is 49.2. The van der Waals surface area contributed by atoms with E-state index in [2.05, 4.69) is 19.9 Å². The van der Waals surface area contributed by atoms with E-state index in [1.807, 2.05) is 0 Å². The number of ketones is 2.